The zero-order chi connectivity index (χ0) is 21.8. The second-order valence-corrected chi connectivity index (χ2v) is 10.4. The van der Waals surface area contributed by atoms with Crippen molar-refractivity contribution in [1.82, 2.24) is 14.9 Å². The van der Waals surface area contributed by atoms with Gasteiger partial charge in [-0.3, -0.25) is 14.4 Å². The van der Waals surface area contributed by atoms with Crippen molar-refractivity contribution in [2.75, 3.05) is 25.4 Å². The van der Waals surface area contributed by atoms with Crippen LogP contribution in [0.5, 0.6) is 0 Å². The van der Waals surface area contributed by atoms with E-state index in [0.717, 1.165) is 48.9 Å². The van der Waals surface area contributed by atoms with Crippen LogP contribution in [-0.4, -0.2) is 52.2 Å². The van der Waals surface area contributed by atoms with Gasteiger partial charge >= 0.3 is 5.97 Å². The summed E-state index contributed by atoms with van der Waals surface area (Å²) in [6, 6.07) is 0. The van der Waals surface area contributed by atoms with Crippen molar-refractivity contribution in [2.24, 2.45) is 5.92 Å². The van der Waals surface area contributed by atoms with E-state index >= 15 is 0 Å². The molecule has 1 N–H and O–H groups in total. The van der Waals surface area contributed by atoms with Gasteiger partial charge < -0.3 is 14.6 Å². The number of carbonyl (C=O) groups excluding carboxylic acids is 2. The minimum absolute atomic E-state index is 0.0364. The van der Waals surface area contributed by atoms with E-state index in [4.69, 9.17) is 4.74 Å². The average molecular weight is 464 g/mol. The van der Waals surface area contributed by atoms with Crippen LogP contribution in [0.2, 0.25) is 0 Å². The van der Waals surface area contributed by atoms with E-state index in [1.165, 1.54) is 10.4 Å². The van der Waals surface area contributed by atoms with Gasteiger partial charge in [0.25, 0.3) is 5.56 Å². The number of hydrogen-bond acceptors (Lipinski definition) is 7. The van der Waals surface area contributed by atoms with Crippen LogP contribution in [-0.2, 0) is 32.9 Å². The molecule has 1 fully saturated rings. The number of aromatic amines is 1. The minimum atomic E-state index is -0.254. The first-order valence-electron chi connectivity index (χ1n) is 11.1. The Morgan fingerprint density at radius 2 is 2.13 bits per heavy atom. The summed E-state index contributed by atoms with van der Waals surface area (Å²) in [5.41, 5.74) is 1.16. The fraction of sp³-hybridized carbons (Fsp3) is 0.636. The molecular formula is C22H29N3O4S2. The molecular weight excluding hydrogens is 434 g/mol. The topological polar surface area (TPSA) is 92.4 Å². The van der Waals surface area contributed by atoms with E-state index in [2.05, 4.69) is 9.97 Å². The third kappa shape index (κ3) is 5.68. The molecule has 0 saturated heterocycles. The Hall–Kier alpha value is -1.87. The van der Waals surface area contributed by atoms with Gasteiger partial charge in [-0.15, -0.1) is 11.3 Å². The molecule has 2 heterocycles. The Labute approximate surface area is 190 Å². The number of ether oxygens (including phenoxy) is 1. The van der Waals surface area contributed by atoms with E-state index in [1.807, 2.05) is 4.90 Å². The first kappa shape index (κ1) is 22.3. The van der Waals surface area contributed by atoms with E-state index in [-0.39, 0.29) is 23.9 Å². The summed E-state index contributed by atoms with van der Waals surface area (Å²) in [6.07, 6.45) is 6.13. The molecule has 2 aromatic heterocycles. The van der Waals surface area contributed by atoms with Gasteiger partial charge in [-0.05, 0) is 50.5 Å². The summed E-state index contributed by atoms with van der Waals surface area (Å²) < 4.78 is 4.98. The molecule has 168 valence electrons. The van der Waals surface area contributed by atoms with Gasteiger partial charge in [0.2, 0.25) is 5.91 Å². The summed E-state index contributed by atoms with van der Waals surface area (Å²) in [7, 11) is 0. The Balaban J connectivity index is 1.27. The number of thioether (sulfide) groups is 1. The number of esters is 1. The molecule has 4 rings (SSSR count). The van der Waals surface area contributed by atoms with Crippen LogP contribution in [0.4, 0.5) is 0 Å². The van der Waals surface area contributed by atoms with Crippen molar-refractivity contribution < 1.29 is 14.3 Å². The van der Waals surface area contributed by atoms with Gasteiger partial charge in [-0.1, -0.05) is 0 Å². The minimum Gasteiger partial charge on any atom is -0.466 e. The number of nitrogens with one attached hydrogen (secondary N) is 1. The van der Waals surface area contributed by atoms with Crippen LogP contribution < -0.4 is 5.56 Å². The highest BCUT2D eigenvalue weighted by Gasteiger charge is 2.27. The second kappa shape index (κ2) is 10.2. The van der Waals surface area contributed by atoms with Gasteiger partial charge in [0.05, 0.1) is 24.2 Å². The zero-order valence-electron chi connectivity index (χ0n) is 17.9. The number of aryl methyl sites for hydroxylation is 2. The average Bonchev–Trinajstić information content (AvgIpc) is 3.32. The molecule has 0 aromatic carbocycles. The van der Waals surface area contributed by atoms with Gasteiger partial charge in [0.15, 0.2) is 0 Å². The predicted octanol–water partition coefficient (Wildman–Crippen LogP) is 3.29. The number of H-pyrrole nitrogens is 1. The lowest BCUT2D eigenvalue weighted by Crippen LogP contribution is -2.35. The molecule has 0 unspecified atom stereocenters. The molecule has 2 aromatic rings. The summed E-state index contributed by atoms with van der Waals surface area (Å²) in [5.74, 6) is 2.30. The number of nitrogens with zero attached hydrogens (tertiary/aromatic N) is 2. The third-order valence-electron chi connectivity index (χ3n) is 5.74. The van der Waals surface area contributed by atoms with Gasteiger partial charge in [-0.2, -0.15) is 11.8 Å². The van der Waals surface area contributed by atoms with Crippen LogP contribution in [0.25, 0.3) is 10.2 Å². The number of hydrogen-bond donors (Lipinski definition) is 1. The number of rotatable bonds is 11. The molecule has 0 bridgehead atoms. The highest BCUT2D eigenvalue weighted by atomic mass is 32.2. The third-order valence-corrected chi connectivity index (χ3v) is 7.90. The van der Waals surface area contributed by atoms with Gasteiger partial charge in [0.1, 0.15) is 10.7 Å². The largest absolute Gasteiger partial charge is 0.466 e. The molecule has 7 nitrogen and oxygen atoms in total. The Morgan fingerprint density at radius 3 is 2.90 bits per heavy atom. The molecule has 0 spiro atoms. The lowest BCUT2D eigenvalue weighted by atomic mass is 10.2. The number of fused-ring (bicyclic) bond motifs is 3. The van der Waals surface area contributed by atoms with E-state index in [9.17, 15) is 14.4 Å². The van der Waals surface area contributed by atoms with E-state index < -0.39 is 0 Å². The number of thiophene rings is 1. The summed E-state index contributed by atoms with van der Waals surface area (Å²) in [5, 5.41) is 0.777. The number of amides is 1. The fourth-order valence-corrected chi connectivity index (χ4v) is 6.07. The summed E-state index contributed by atoms with van der Waals surface area (Å²) in [6.45, 7) is 3.31. The normalized spacial score (nSPS) is 15.3. The zero-order valence-corrected chi connectivity index (χ0v) is 19.5. The monoisotopic (exact) mass is 463 g/mol. The van der Waals surface area contributed by atoms with Crippen LogP contribution in [0, 0.1) is 5.92 Å². The maximum absolute atomic E-state index is 12.7. The van der Waals surface area contributed by atoms with Crippen molar-refractivity contribution in [2.45, 2.75) is 57.6 Å². The molecule has 1 amide bonds. The summed E-state index contributed by atoms with van der Waals surface area (Å²) in [4.78, 5) is 48.4. The summed E-state index contributed by atoms with van der Waals surface area (Å²) >= 11 is 3.25. The predicted molar refractivity (Wildman–Crippen MR) is 124 cm³/mol. The van der Waals surface area contributed by atoms with Gasteiger partial charge in [0, 0.05) is 30.1 Å². The van der Waals surface area contributed by atoms with Gasteiger partial charge in [-0.25, -0.2) is 4.98 Å². The molecule has 0 atom stereocenters. The molecule has 2 aliphatic carbocycles. The van der Waals surface area contributed by atoms with Crippen molar-refractivity contribution >= 4 is 45.2 Å². The van der Waals surface area contributed by atoms with Crippen molar-refractivity contribution in [1.29, 1.82) is 0 Å². The van der Waals surface area contributed by atoms with Crippen molar-refractivity contribution in [3.8, 4) is 0 Å². The Morgan fingerprint density at radius 1 is 1.29 bits per heavy atom. The van der Waals surface area contributed by atoms with Crippen LogP contribution in [0.1, 0.15) is 55.3 Å². The van der Waals surface area contributed by atoms with Crippen LogP contribution in [0.15, 0.2) is 4.79 Å². The molecule has 2 aliphatic rings. The van der Waals surface area contributed by atoms with Crippen LogP contribution in [0.3, 0.4) is 0 Å². The Kier molecular flexibility index (Phi) is 7.32. The van der Waals surface area contributed by atoms with Crippen molar-refractivity contribution in [3.05, 3.63) is 26.6 Å². The highest BCUT2D eigenvalue weighted by molar-refractivity contribution is 7.98. The number of carbonyl (C=O) groups is 2. The SMILES string of the molecule is CCOC(=O)CCN(CC1CC1)C(=O)CCSCc1nc2sc3c(c2c(=O)[nH]1)CCC3. The first-order chi connectivity index (χ1) is 15.0. The second-order valence-electron chi connectivity index (χ2n) is 8.19. The maximum atomic E-state index is 12.7. The molecule has 0 aliphatic heterocycles. The quantitative estimate of drug-likeness (QED) is 0.406. The fourth-order valence-electron chi connectivity index (χ4n) is 3.99. The first-order valence-corrected chi connectivity index (χ1v) is 13.1. The highest BCUT2D eigenvalue weighted by Crippen LogP contribution is 2.34. The smallest absolute Gasteiger partial charge is 0.307 e. The van der Waals surface area contributed by atoms with Crippen molar-refractivity contribution in [3.63, 3.8) is 0 Å². The lowest BCUT2D eigenvalue weighted by Gasteiger charge is -2.22. The molecule has 31 heavy (non-hydrogen) atoms. The standard InChI is InChI=1S/C22H29N3O4S2/c1-2-29-19(27)8-10-25(12-14-6-7-14)18(26)9-11-30-13-17-23-21(28)20-15-4-3-5-16(15)31-22(20)24-17/h14H,2-13H2,1H3,(H,23,24,28). The Bertz CT molecular complexity index is 1010. The molecule has 9 heteroatoms. The molecule has 1 saturated carbocycles. The maximum Gasteiger partial charge on any atom is 0.307 e. The number of aromatic nitrogens is 2. The molecule has 0 radical (unpaired) electrons. The van der Waals surface area contributed by atoms with Crippen LogP contribution >= 0.6 is 23.1 Å². The van der Waals surface area contributed by atoms with E-state index in [0.29, 0.717) is 42.8 Å². The lowest BCUT2D eigenvalue weighted by molar-refractivity contribution is -0.144. The van der Waals surface area contributed by atoms with E-state index in [1.54, 1.807) is 30.0 Å².